The Balaban J connectivity index is 2.28. The van der Waals surface area contributed by atoms with Crippen molar-refractivity contribution in [3.05, 3.63) is 53.9 Å². The van der Waals surface area contributed by atoms with E-state index in [4.69, 9.17) is 5.73 Å². The number of nitrogen functional groups attached to an aromatic ring is 1. The molecule has 4 nitrogen and oxygen atoms in total. The number of ether oxygens (including phenoxy) is 1. The Labute approximate surface area is 112 Å². The molecule has 0 bridgehead atoms. The molecule has 0 radical (unpaired) electrons. The van der Waals surface area contributed by atoms with Crippen molar-refractivity contribution in [3.63, 3.8) is 0 Å². The van der Waals surface area contributed by atoms with Gasteiger partial charge in [0.25, 0.3) is 0 Å². The van der Waals surface area contributed by atoms with Crippen molar-refractivity contribution in [2.24, 2.45) is 0 Å². The SMILES string of the molecule is Nc1cc(C(=O)c2ccccn2)ccc1OC(F)(F)F. The molecule has 0 saturated heterocycles. The van der Waals surface area contributed by atoms with E-state index >= 15 is 0 Å². The van der Waals surface area contributed by atoms with Crippen LogP contribution in [0.4, 0.5) is 18.9 Å². The number of anilines is 1. The number of halogens is 3. The van der Waals surface area contributed by atoms with Gasteiger partial charge < -0.3 is 10.5 Å². The van der Waals surface area contributed by atoms with Gasteiger partial charge in [-0.1, -0.05) is 6.07 Å². The second-order valence-corrected chi connectivity index (χ2v) is 3.84. The first-order valence-electron chi connectivity index (χ1n) is 5.48. The Bertz CT molecular complexity index is 627. The number of benzene rings is 1. The summed E-state index contributed by atoms with van der Waals surface area (Å²) in [7, 11) is 0. The lowest BCUT2D eigenvalue weighted by atomic mass is 10.1. The second kappa shape index (κ2) is 5.20. The highest BCUT2D eigenvalue weighted by Gasteiger charge is 2.32. The molecule has 0 aliphatic heterocycles. The van der Waals surface area contributed by atoms with Gasteiger partial charge in [-0.3, -0.25) is 9.78 Å². The lowest BCUT2D eigenvalue weighted by Crippen LogP contribution is -2.18. The van der Waals surface area contributed by atoms with E-state index in [1.165, 1.54) is 18.3 Å². The number of rotatable bonds is 3. The van der Waals surface area contributed by atoms with Crippen LogP contribution >= 0.6 is 0 Å². The highest BCUT2D eigenvalue weighted by molar-refractivity contribution is 6.08. The number of hydrogen-bond acceptors (Lipinski definition) is 4. The first kappa shape index (κ1) is 13.9. The average Bonchev–Trinajstić information content (AvgIpc) is 2.40. The van der Waals surface area contributed by atoms with Crippen LogP contribution in [0, 0.1) is 0 Å². The molecule has 0 saturated carbocycles. The van der Waals surface area contributed by atoms with Crippen LogP contribution in [0.5, 0.6) is 5.75 Å². The van der Waals surface area contributed by atoms with Gasteiger partial charge in [-0.2, -0.15) is 0 Å². The zero-order valence-electron chi connectivity index (χ0n) is 10.0. The zero-order valence-corrected chi connectivity index (χ0v) is 10.0. The molecule has 0 atom stereocenters. The van der Waals surface area contributed by atoms with Gasteiger partial charge in [0.2, 0.25) is 5.78 Å². The minimum atomic E-state index is -4.83. The number of alkyl halides is 3. The molecular weight excluding hydrogens is 273 g/mol. The van der Waals surface area contributed by atoms with Crippen molar-refractivity contribution < 1.29 is 22.7 Å². The molecule has 7 heteroatoms. The van der Waals surface area contributed by atoms with Crippen molar-refractivity contribution in [1.29, 1.82) is 0 Å². The first-order valence-corrected chi connectivity index (χ1v) is 5.48. The molecule has 0 aliphatic rings. The van der Waals surface area contributed by atoms with Crippen LogP contribution in [0.15, 0.2) is 42.6 Å². The van der Waals surface area contributed by atoms with Crippen molar-refractivity contribution in [2.45, 2.75) is 6.36 Å². The fourth-order valence-electron chi connectivity index (χ4n) is 1.55. The van der Waals surface area contributed by atoms with Gasteiger partial charge >= 0.3 is 6.36 Å². The summed E-state index contributed by atoms with van der Waals surface area (Å²) in [6.07, 6.45) is -3.39. The molecule has 2 aromatic rings. The van der Waals surface area contributed by atoms with Gasteiger partial charge in [-0.05, 0) is 30.3 Å². The third-order valence-corrected chi connectivity index (χ3v) is 2.40. The van der Waals surface area contributed by atoms with E-state index in [0.29, 0.717) is 0 Å². The molecule has 0 aliphatic carbocycles. The van der Waals surface area contributed by atoms with E-state index in [1.807, 2.05) is 0 Å². The van der Waals surface area contributed by atoms with Crippen LogP contribution < -0.4 is 10.5 Å². The van der Waals surface area contributed by atoms with Crippen LogP contribution in [0.2, 0.25) is 0 Å². The van der Waals surface area contributed by atoms with Crippen LogP contribution in [-0.2, 0) is 0 Å². The van der Waals surface area contributed by atoms with Crippen LogP contribution in [0.25, 0.3) is 0 Å². The highest BCUT2D eigenvalue weighted by Crippen LogP contribution is 2.29. The second-order valence-electron chi connectivity index (χ2n) is 3.84. The number of carbonyl (C=O) groups excluding carboxylic acids is 1. The Hall–Kier alpha value is -2.57. The molecule has 0 fully saturated rings. The van der Waals surface area contributed by atoms with Crippen molar-refractivity contribution in [1.82, 2.24) is 4.98 Å². The molecule has 0 amide bonds. The number of hydrogen-bond donors (Lipinski definition) is 1. The van der Waals surface area contributed by atoms with Crippen LogP contribution in [-0.4, -0.2) is 17.1 Å². The fourth-order valence-corrected chi connectivity index (χ4v) is 1.55. The number of nitrogens with two attached hydrogens (primary N) is 1. The lowest BCUT2D eigenvalue weighted by molar-refractivity contribution is -0.274. The molecule has 1 heterocycles. The average molecular weight is 282 g/mol. The van der Waals surface area contributed by atoms with Gasteiger partial charge in [-0.15, -0.1) is 13.2 Å². The van der Waals surface area contributed by atoms with E-state index < -0.39 is 17.9 Å². The highest BCUT2D eigenvalue weighted by atomic mass is 19.4. The minimum absolute atomic E-state index is 0.135. The molecule has 1 aromatic heterocycles. The van der Waals surface area contributed by atoms with Crippen LogP contribution in [0.3, 0.4) is 0 Å². The van der Waals surface area contributed by atoms with Crippen molar-refractivity contribution in [3.8, 4) is 5.75 Å². The third kappa shape index (κ3) is 3.25. The monoisotopic (exact) mass is 282 g/mol. The molecule has 1 aromatic carbocycles. The summed E-state index contributed by atoms with van der Waals surface area (Å²) in [5.74, 6) is -0.981. The van der Waals surface area contributed by atoms with E-state index in [0.717, 1.165) is 12.1 Å². The maximum atomic E-state index is 12.1. The molecule has 20 heavy (non-hydrogen) atoms. The maximum absolute atomic E-state index is 12.1. The third-order valence-electron chi connectivity index (χ3n) is 2.40. The van der Waals surface area contributed by atoms with Crippen molar-refractivity contribution in [2.75, 3.05) is 5.73 Å². The number of nitrogens with zero attached hydrogens (tertiary/aromatic N) is 1. The Kier molecular flexibility index (Phi) is 3.60. The van der Waals surface area contributed by atoms with Gasteiger partial charge in [0.05, 0.1) is 5.69 Å². The number of carbonyl (C=O) groups is 1. The summed E-state index contributed by atoms with van der Waals surface area (Å²) in [4.78, 5) is 15.9. The minimum Gasteiger partial charge on any atom is -0.404 e. The molecule has 2 rings (SSSR count). The predicted molar refractivity (Wildman–Crippen MR) is 65.2 cm³/mol. The van der Waals surface area contributed by atoms with Crippen molar-refractivity contribution >= 4 is 11.5 Å². The Morgan fingerprint density at radius 1 is 1.20 bits per heavy atom. The topological polar surface area (TPSA) is 65.2 Å². The van der Waals surface area contributed by atoms with E-state index in [-0.39, 0.29) is 16.9 Å². The standard InChI is InChI=1S/C13H9F3N2O2/c14-13(15,16)20-11-5-4-8(7-9(11)17)12(19)10-3-1-2-6-18-10/h1-7H,17H2. The van der Waals surface area contributed by atoms with Gasteiger partial charge in [-0.25, -0.2) is 0 Å². The molecule has 0 spiro atoms. The van der Waals surface area contributed by atoms with Crippen LogP contribution in [0.1, 0.15) is 16.1 Å². The summed E-state index contributed by atoms with van der Waals surface area (Å²) < 4.78 is 40.0. The molecular formula is C13H9F3N2O2. The molecule has 2 N–H and O–H groups in total. The van der Waals surface area contributed by atoms with Gasteiger partial charge in [0.1, 0.15) is 5.69 Å². The predicted octanol–water partition coefficient (Wildman–Crippen LogP) is 2.79. The summed E-state index contributed by atoms with van der Waals surface area (Å²) >= 11 is 0. The normalized spacial score (nSPS) is 11.2. The fraction of sp³-hybridized carbons (Fsp3) is 0.0769. The zero-order chi connectivity index (χ0) is 14.8. The quantitative estimate of drug-likeness (QED) is 0.694. The largest absolute Gasteiger partial charge is 0.573 e. The van der Waals surface area contributed by atoms with E-state index in [1.54, 1.807) is 12.1 Å². The number of ketones is 1. The summed E-state index contributed by atoms with van der Waals surface area (Å²) in [6, 6.07) is 8.10. The Morgan fingerprint density at radius 3 is 2.50 bits per heavy atom. The van der Waals surface area contributed by atoms with Gasteiger partial charge in [0, 0.05) is 11.8 Å². The van der Waals surface area contributed by atoms with E-state index in [2.05, 4.69) is 9.72 Å². The summed E-state index contributed by atoms with van der Waals surface area (Å²) in [6.45, 7) is 0. The Morgan fingerprint density at radius 2 is 1.95 bits per heavy atom. The summed E-state index contributed by atoms with van der Waals surface area (Å²) in [5, 5.41) is 0. The lowest BCUT2D eigenvalue weighted by Gasteiger charge is -2.11. The smallest absolute Gasteiger partial charge is 0.404 e. The molecule has 0 unspecified atom stereocenters. The van der Waals surface area contributed by atoms with Gasteiger partial charge in [0.15, 0.2) is 5.75 Å². The maximum Gasteiger partial charge on any atom is 0.573 e. The number of pyridine rings is 1. The first-order chi connectivity index (χ1) is 9.37. The molecule has 104 valence electrons. The van der Waals surface area contributed by atoms with E-state index in [9.17, 15) is 18.0 Å². The summed E-state index contributed by atoms with van der Waals surface area (Å²) in [5.41, 5.74) is 5.48. The number of aromatic nitrogens is 1.